The summed E-state index contributed by atoms with van der Waals surface area (Å²) in [5, 5.41) is 3.08. The molecule has 3 unspecified atom stereocenters. The molecule has 3 atom stereocenters. The lowest BCUT2D eigenvalue weighted by atomic mass is 9.56. The second-order valence-corrected chi connectivity index (χ2v) is 6.00. The zero-order chi connectivity index (χ0) is 13.3. The molecule has 4 heteroatoms. The first-order valence-electron chi connectivity index (χ1n) is 6.33. The number of amides is 1. The van der Waals surface area contributed by atoms with E-state index in [0.717, 1.165) is 12.8 Å². The summed E-state index contributed by atoms with van der Waals surface area (Å²) in [4.78, 5) is 11.7. The molecule has 0 aromatic carbocycles. The quantitative estimate of drug-likeness (QED) is 0.766. The second-order valence-electron chi connectivity index (χ2n) is 6.00. The molecule has 0 aromatic heterocycles. The van der Waals surface area contributed by atoms with Crippen molar-refractivity contribution in [2.45, 2.75) is 64.6 Å². The number of carbonyl (C=O) groups is 1. The Morgan fingerprint density at radius 3 is 2.53 bits per heavy atom. The fraction of sp³-hybridized carbons (Fsp3) is 0.923. The van der Waals surface area contributed by atoms with Crippen LogP contribution in [0.4, 0.5) is 0 Å². The van der Waals surface area contributed by atoms with E-state index in [2.05, 4.69) is 26.1 Å². The Bertz CT molecular complexity index is 289. The summed E-state index contributed by atoms with van der Waals surface area (Å²) in [6.45, 7) is 8.28. The number of nitrogens with one attached hydrogen (secondary N) is 1. The monoisotopic (exact) mass is 242 g/mol. The van der Waals surface area contributed by atoms with Crippen molar-refractivity contribution in [1.29, 1.82) is 0 Å². The largest absolute Gasteiger partial charge is 0.378 e. The summed E-state index contributed by atoms with van der Waals surface area (Å²) in [5.41, 5.74) is 5.48. The average molecular weight is 242 g/mol. The summed E-state index contributed by atoms with van der Waals surface area (Å²) < 4.78 is 5.53. The predicted molar refractivity (Wildman–Crippen MR) is 68.6 cm³/mol. The molecule has 0 aromatic rings. The van der Waals surface area contributed by atoms with Crippen LogP contribution in [0.2, 0.25) is 0 Å². The van der Waals surface area contributed by atoms with Crippen LogP contribution < -0.4 is 11.1 Å². The van der Waals surface area contributed by atoms with Gasteiger partial charge in [0.15, 0.2) is 0 Å². The predicted octanol–water partition coefficient (Wildman–Crippen LogP) is 1.43. The van der Waals surface area contributed by atoms with E-state index < -0.39 is 0 Å². The van der Waals surface area contributed by atoms with E-state index in [9.17, 15) is 4.79 Å². The molecule has 1 aliphatic carbocycles. The van der Waals surface area contributed by atoms with Gasteiger partial charge in [0.2, 0.25) is 5.91 Å². The molecule has 4 nitrogen and oxygen atoms in total. The Labute approximate surface area is 104 Å². The zero-order valence-corrected chi connectivity index (χ0v) is 11.7. The van der Waals surface area contributed by atoms with Crippen molar-refractivity contribution in [3.05, 3.63) is 0 Å². The van der Waals surface area contributed by atoms with Crippen LogP contribution >= 0.6 is 0 Å². The Morgan fingerprint density at radius 2 is 2.12 bits per heavy atom. The van der Waals surface area contributed by atoms with Gasteiger partial charge in [0.1, 0.15) is 0 Å². The molecule has 1 fully saturated rings. The Hall–Kier alpha value is -0.610. The lowest BCUT2D eigenvalue weighted by molar-refractivity contribution is -0.182. The van der Waals surface area contributed by atoms with Crippen LogP contribution in [-0.2, 0) is 9.53 Å². The van der Waals surface area contributed by atoms with Gasteiger partial charge in [-0.2, -0.15) is 0 Å². The standard InChI is InChI=1S/C13H26N2O2/c1-9(14)6-7-11(16)15-10-8-13(4,17-5)12(10,2)3/h9-10H,6-8,14H2,1-5H3,(H,15,16). The van der Waals surface area contributed by atoms with Crippen LogP contribution in [0.25, 0.3) is 0 Å². The molecular weight excluding hydrogens is 216 g/mol. The maximum atomic E-state index is 11.7. The summed E-state index contributed by atoms with van der Waals surface area (Å²) in [6, 6.07) is 0.285. The molecule has 0 bridgehead atoms. The van der Waals surface area contributed by atoms with Gasteiger partial charge in [0.25, 0.3) is 0 Å². The number of carbonyl (C=O) groups excluding carboxylic acids is 1. The van der Waals surface area contributed by atoms with Crippen molar-refractivity contribution in [2.24, 2.45) is 11.1 Å². The molecule has 0 radical (unpaired) electrons. The molecule has 17 heavy (non-hydrogen) atoms. The third kappa shape index (κ3) is 2.80. The summed E-state index contributed by atoms with van der Waals surface area (Å²) in [5.74, 6) is 0.0959. The smallest absolute Gasteiger partial charge is 0.220 e. The molecule has 0 spiro atoms. The number of methoxy groups -OCH3 is 1. The molecule has 1 saturated carbocycles. The highest BCUT2D eigenvalue weighted by molar-refractivity contribution is 5.76. The third-order valence-corrected chi connectivity index (χ3v) is 4.44. The molecule has 1 amide bonds. The van der Waals surface area contributed by atoms with Crippen molar-refractivity contribution >= 4 is 5.91 Å². The normalized spacial score (nSPS) is 32.7. The van der Waals surface area contributed by atoms with Crippen molar-refractivity contribution in [1.82, 2.24) is 5.32 Å². The number of rotatable bonds is 5. The number of hydrogen-bond donors (Lipinski definition) is 2. The van der Waals surface area contributed by atoms with Crippen LogP contribution in [0.15, 0.2) is 0 Å². The van der Waals surface area contributed by atoms with Crippen LogP contribution in [0.3, 0.4) is 0 Å². The molecular formula is C13H26N2O2. The SMILES string of the molecule is COC1(C)CC(NC(=O)CCC(C)N)C1(C)C. The Morgan fingerprint density at radius 1 is 1.53 bits per heavy atom. The molecule has 1 aliphatic rings. The maximum Gasteiger partial charge on any atom is 0.220 e. The highest BCUT2D eigenvalue weighted by atomic mass is 16.5. The van der Waals surface area contributed by atoms with Crippen molar-refractivity contribution < 1.29 is 9.53 Å². The van der Waals surface area contributed by atoms with Gasteiger partial charge in [-0.05, 0) is 26.7 Å². The number of hydrogen-bond acceptors (Lipinski definition) is 3. The van der Waals surface area contributed by atoms with E-state index in [1.807, 2.05) is 6.92 Å². The summed E-state index contributed by atoms with van der Waals surface area (Å²) in [6.07, 6.45) is 2.12. The van der Waals surface area contributed by atoms with Crippen LogP contribution in [0.1, 0.15) is 47.0 Å². The minimum atomic E-state index is -0.133. The van der Waals surface area contributed by atoms with E-state index >= 15 is 0 Å². The van der Waals surface area contributed by atoms with Gasteiger partial charge in [-0.15, -0.1) is 0 Å². The minimum absolute atomic E-state index is 0.0221. The zero-order valence-electron chi connectivity index (χ0n) is 11.7. The fourth-order valence-electron chi connectivity index (χ4n) is 2.35. The maximum absolute atomic E-state index is 11.7. The Balaban J connectivity index is 2.43. The fourth-order valence-corrected chi connectivity index (χ4v) is 2.35. The summed E-state index contributed by atoms with van der Waals surface area (Å²) in [7, 11) is 1.73. The van der Waals surface area contributed by atoms with Crippen molar-refractivity contribution in [3.63, 3.8) is 0 Å². The molecule has 0 saturated heterocycles. The third-order valence-electron chi connectivity index (χ3n) is 4.44. The second kappa shape index (κ2) is 4.94. The molecule has 3 N–H and O–H groups in total. The number of ether oxygens (including phenoxy) is 1. The lowest BCUT2D eigenvalue weighted by Gasteiger charge is -2.59. The van der Waals surface area contributed by atoms with Crippen molar-refractivity contribution in [2.75, 3.05) is 7.11 Å². The molecule has 0 aliphatic heterocycles. The van der Waals surface area contributed by atoms with Gasteiger partial charge in [-0.1, -0.05) is 13.8 Å². The molecule has 100 valence electrons. The Kier molecular flexibility index (Phi) is 4.20. The first kappa shape index (κ1) is 14.5. The van der Waals surface area contributed by atoms with Gasteiger partial charge in [-0.3, -0.25) is 4.79 Å². The highest BCUT2D eigenvalue weighted by Crippen LogP contribution is 2.51. The first-order valence-corrected chi connectivity index (χ1v) is 6.33. The van der Waals surface area contributed by atoms with Crippen LogP contribution in [-0.4, -0.2) is 30.7 Å². The van der Waals surface area contributed by atoms with E-state index in [4.69, 9.17) is 10.5 Å². The van der Waals surface area contributed by atoms with Gasteiger partial charge in [0, 0.05) is 31.0 Å². The minimum Gasteiger partial charge on any atom is -0.378 e. The van der Waals surface area contributed by atoms with E-state index in [-0.39, 0.29) is 29.0 Å². The molecule has 0 heterocycles. The van der Waals surface area contributed by atoms with Gasteiger partial charge in [0.05, 0.1) is 5.60 Å². The summed E-state index contributed by atoms with van der Waals surface area (Å²) >= 11 is 0. The van der Waals surface area contributed by atoms with Crippen molar-refractivity contribution in [3.8, 4) is 0 Å². The molecule has 1 rings (SSSR count). The van der Waals surface area contributed by atoms with Gasteiger partial charge >= 0.3 is 0 Å². The van der Waals surface area contributed by atoms with Crippen LogP contribution in [0.5, 0.6) is 0 Å². The van der Waals surface area contributed by atoms with E-state index in [1.165, 1.54) is 0 Å². The highest BCUT2D eigenvalue weighted by Gasteiger charge is 2.58. The van der Waals surface area contributed by atoms with Gasteiger partial charge in [-0.25, -0.2) is 0 Å². The average Bonchev–Trinajstić information content (AvgIpc) is 2.25. The van der Waals surface area contributed by atoms with Crippen LogP contribution in [0, 0.1) is 5.41 Å². The first-order chi connectivity index (χ1) is 7.73. The topological polar surface area (TPSA) is 64.3 Å². The van der Waals surface area contributed by atoms with Gasteiger partial charge < -0.3 is 15.8 Å². The van der Waals surface area contributed by atoms with E-state index in [1.54, 1.807) is 7.11 Å². The lowest BCUT2D eigenvalue weighted by Crippen LogP contribution is -2.68. The number of nitrogens with two attached hydrogens (primary N) is 1. The van der Waals surface area contributed by atoms with E-state index in [0.29, 0.717) is 6.42 Å².